The van der Waals surface area contributed by atoms with Crippen LogP contribution in [-0.2, 0) is 9.53 Å². The van der Waals surface area contributed by atoms with Gasteiger partial charge in [0.1, 0.15) is 12.4 Å². The van der Waals surface area contributed by atoms with Gasteiger partial charge in [0.25, 0.3) is 5.91 Å². The second-order valence-corrected chi connectivity index (χ2v) is 6.87. The molecule has 2 heterocycles. The maximum atomic E-state index is 13.5. The number of carbonyl (C=O) groups excluding carboxylic acids is 3. The summed E-state index contributed by atoms with van der Waals surface area (Å²) in [6, 6.07) is 4.03. The molecule has 140 valence electrons. The number of nitrogens with one attached hydrogen (secondary N) is 2. The summed E-state index contributed by atoms with van der Waals surface area (Å²) >= 11 is 0. The minimum Gasteiger partial charge on any atom is -0.447 e. The summed E-state index contributed by atoms with van der Waals surface area (Å²) in [5.74, 6) is -0.607. The highest BCUT2D eigenvalue weighted by atomic mass is 19.1. The Kier molecular flexibility index (Phi) is 5.39. The molecular weight excluding hydrogens is 341 g/mol. The molecule has 3 amide bonds. The van der Waals surface area contributed by atoms with Gasteiger partial charge in [-0.25, -0.2) is 9.18 Å². The standard InChI is InChI=1S/C18H22FN3O4/c1-11-4-13(6-14(19)5-11)17(24)22-3-2-12(9-22)8-20-16(23)7-15-10-26-18(25)21-15/h4-6,12,15H,2-3,7-10H2,1H3,(H,20,23)(H,21,25)/t12?,15-/m0/s1. The van der Waals surface area contributed by atoms with Gasteiger partial charge < -0.3 is 20.3 Å². The first-order valence-corrected chi connectivity index (χ1v) is 8.67. The minimum absolute atomic E-state index is 0.159. The number of benzene rings is 1. The van der Waals surface area contributed by atoms with E-state index in [2.05, 4.69) is 10.6 Å². The summed E-state index contributed by atoms with van der Waals surface area (Å²) in [4.78, 5) is 37.1. The second kappa shape index (κ2) is 7.72. The SMILES string of the molecule is Cc1cc(F)cc(C(=O)N2CCC(CNC(=O)C[C@H]3COC(=O)N3)C2)c1. The first-order chi connectivity index (χ1) is 12.4. The molecule has 3 rings (SSSR count). The third-order valence-corrected chi connectivity index (χ3v) is 4.62. The van der Waals surface area contributed by atoms with Crippen molar-refractivity contribution in [3.63, 3.8) is 0 Å². The number of rotatable bonds is 5. The zero-order valence-electron chi connectivity index (χ0n) is 14.6. The van der Waals surface area contributed by atoms with Crippen molar-refractivity contribution < 1.29 is 23.5 Å². The topological polar surface area (TPSA) is 87.7 Å². The largest absolute Gasteiger partial charge is 0.447 e. The quantitative estimate of drug-likeness (QED) is 0.823. The molecule has 26 heavy (non-hydrogen) atoms. The van der Waals surface area contributed by atoms with Crippen LogP contribution in [-0.4, -0.2) is 55.1 Å². The van der Waals surface area contributed by atoms with Gasteiger partial charge in [-0.1, -0.05) is 0 Å². The maximum absolute atomic E-state index is 13.5. The predicted molar refractivity (Wildman–Crippen MR) is 91.0 cm³/mol. The normalized spacial score (nSPS) is 22.1. The number of alkyl carbamates (subject to hydrolysis) is 1. The molecule has 0 radical (unpaired) electrons. The lowest BCUT2D eigenvalue weighted by Crippen LogP contribution is -2.37. The number of halogens is 1. The molecule has 2 N–H and O–H groups in total. The third kappa shape index (κ3) is 4.50. The molecule has 7 nitrogen and oxygen atoms in total. The number of carbonyl (C=O) groups is 3. The summed E-state index contributed by atoms with van der Waals surface area (Å²) in [7, 11) is 0. The highest BCUT2D eigenvalue weighted by Crippen LogP contribution is 2.19. The van der Waals surface area contributed by atoms with Gasteiger partial charge in [0.05, 0.1) is 12.5 Å². The van der Waals surface area contributed by atoms with Gasteiger partial charge in [-0.3, -0.25) is 9.59 Å². The lowest BCUT2D eigenvalue weighted by Gasteiger charge is -2.17. The van der Waals surface area contributed by atoms with E-state index in [0.717, 1.165) is 6.42 Å². The summed E-state index contributed by atoms with van der Waals surface area (Å²) in [5, 5.41) is 5.40. The molecule has 0 bridgehead atoms. The van der Waals surface area contributed by atoms with Crippen LogP contribution in [0.1, 0.15) is 28.8 Å². The van der Waals surface area contributed by atoms with E-state index < -0.39 is 11.9 Å². The monoisotopic (exact) mass is 363 g/mol. The highest BCUT2D eigenvalue weighted by Gasteiger charge is 2.28. The number of amides is 3. The number of aryl methyl sites for hydroxylation is 1. The Morgan fingerprint density at radius 3 is 2.88 bits per heavy atom. The van der Waals surface area contributed by atoms with E-state index in [4.69, 9.17) is 4.74 Å². The molecule has 2 saturated heterocycles. The Morgan fingerprint density at radius 2 is 2.19 bits per heavy atom. The van der Waals surface area contributed by atoms with Crippen LogP contribution in [0.15, 0.2) is 18.2 Å². The first-order valence-electron chi connectivity index (χ1n) is 8.67. The number of hydrogen-bond donors (Lipinski definition) is 2. The zero-order chi connectivity index (χ0) is 18.7. The van der Waals surface area contributed by atoms with Crippen LogP contribution in [0.25, 0.3) is 0 Å². The van der Waals surface area contributed by atoms with Gasteiger partial charge in [0, 0.05) is 25.2 Å². The number of likely N-dealkylation sites (tertiary alicyclic amines) is 1. The lowest BCUT2D eigenvalue weighted by atomic mass is 10.1. The first kappa shape index (κ1) is 18.2. The Morgan fingerprint density at radius 1 is 1.38 bits per heavy atom. The van der Waals surface area contributed by atoms with E-state index in [-0.39, 0.29) is 36.8 Å². The van der Waals surface area contributed by atoms with Crippen LogP contribution in [0.2, 0.25) is 0 Å². The molecule has 0 spiro atoms. The van der Waals surface area contributed by atoms with Crippen molar-refractivity contribution >= 4 is 17.9 Å². The van der Waals surface area contributed by atoms with Crippen LogP contribution in [0.5, 0.6) is 0 Å². The molecule has 2 aliphatic rings. The van der Waals surface area contributed by atoms with Crippen LogP contribution in [0.4, 0.5) is 9.18 Å². The van der Waals surface area contributed by atoms with Crippen LogP contribution >= 0.6 is 0 Å². The third-order valence-electron chi connectivity index (χ3n) is 4.62. The van der Waals surface area contributed by atoms with Crippen molar-refractivity contribution in [3.05, 3.63) is 35.1 Å². The van der Waals surface area contributed by atoms with E-state index in [1.807, 2.05) is 0 Å². The van der Waals surface area contributed by atoms with Crippen LogP contribution < -0.4 is 10.6 Å². The van der Waals surface area contributed by atoms with E-state index in [1.165, 1.54) is 12.1 Å². The molecule has 2 aliphatic heterocycles. The lowest BCUT2D eigenvalue weighted by molar-refractivity contribution is -0.121. The average Bonchev–Trinajstić information content (AvgIpc) is 3.20. The van der Waals surface area contributed by atoms with Gasteiger partial charge in [-0.2, -0.15) is 0 Å². The maximum Gasteiger partial charge on any atom is 0.407 e. The molecular formula is C18H22FN3O4. The fourth-order valence-corrected chi connectivity index (χ4v) is 3.32. The van der Waals surface area contributed by atoms with Crippen LogP contribution in [0, 0.1) is 18.7 Å². The van der Waals surface area contributed by atoms with Crippen molar-refractivity contribution in [1.29, 1.82) is 0 Å². The van der Waals surface area contributed by atoms with E-state index in [9.17, 15) is 18.8 Å². The molecule has 0 aromatic heterocycles. The van der Waals surface area contributed by atoms with Gasteiger partial charge >= 0.3 is 6.09 Å². The van der Waals surface area contributed by atoms with Gasteiger partial charge in [-0.05, 0) is 43.0 Å². The smallest absolute Gasteiger partial charge is 0.407 e. The molecule has 1 aromatic rings. The zero-order valence-corrected chi connectivity index (χ0v) is 14.6. The number of nitrogens with zero attached hydrogens (tertiary/aromatic N) is 1. The number of ether oxygens (including phenoxy) is 1. The summed E-state index contributed by atoms with van der Waals surface area (Å²) in [6.07, 6.45) is 0.452. The van der Waals surface area contributed by atoms with Crippen molar-refractivity contribution in [2.75, 3.05) is 26.2 Å². The molecule has 0 saturated carbocycles. The average molecular weight is 363 g/mol. The van der Waals surface area contributed by atoms with Crippen LogP contribution in [0.3, 0.4) is 0 Å². The Balaban J connectivity index is 1.45. The van der Waals surface area contributed by atoms with Crippen molar-refractivity contribution in [1.82, 2.24) is 15.5 Å². The van der Waals surface area contributed by atoms with Crippen molar-refractivity contribution in [2.45, 2.75) is 25.8 Å². The van der Waals surface area contributed by atoms with Gasteiger partial charge in [0.2, 0.25) is 5.91 Å². The Labute approximate surface area is 150 Å². The Hall–Kier alpha value is -2.64. The predicted octanol–water partition coefficient (Wildman–Crippen LogP) is 1.21. The minimum atomic E-state index is -0.500. The summed E-state index contributed by atoms with van der Waals surface area (Å²) < 4.78 is 18.2. The van der Waals surface area contributed by atoms with Gasteiger partial charge in [-0.15, -0.1) is 0 Å². The molecule has 8 heteroatoms. The highest BCUT2D eigenvalue weighted by molar-refractivity contribution is 5.94. The molecule has 1 unspecified atom stereocenters. The van der Waals surface area contributed by atoms with Crippen molar-refractivity contribution in [2.24, 2.45) is 5.92 Å². The van der Waals surface area contributed by atoms with E-state index in [1.54, 1.807) is 17.9 Å². The van der Waals surface area contributed by atoms with E-state index in [0.29, 0.717) is 30.8 Å². The number of cyclic esters (lactones) is 1. The molecule has 0 aliphatic carbocycles. The molecule has 2 fully saturated rings. The van der Waals surface area contributed by atoms with E-state index >= 15 is 0 Å². The molecule has 1 aromatic carbocycles. The second-order valence-electron chi connectivity index (χ2n) is 6.87. The summed E-state index contributed by atoms with van der Waals surface area (Å²) in [5.41, 5.74) is 1.06. The Bertz CT molecular complexity index is 704. The van der Waals surface area contributed by atoms with Crippen molar-refractivity contribution in [3.8, 4) is 0 Å². The fraction of sp³-hybridized carbons (Fsp3) is 0.500. The number of hydrogen-bond acceptors (Lipinski definition) is 4. The fourth-order valence-electron chi connectivity index (χ4n) is 3.32. The van der Waals surface area contributed by atoms with Gasteiger partial charge in [0.15, 0.2) is 0 Å². The summed E-state index contributed by atoms with van der Waals surface area (Å²) in [6.45, 7) is 3.52. The molecule has 2 atom stereocenters.